The molecule has 1 unspecified atom stereocenters. The smallest absolute Gasteiger partial charge is 0.227 e. The van der Waals surface area contributed by atoms with E-state index in [1.54, 1.807) is 7.11 Å². The Morgan fingerprint density at radius 2 is 1.74 bits per heavy atom. The fraction of sp³-hybridized carbons (Fsp3) is 0.308. The van der Waals surface area contributed by atoms with Crippen LogP contribution in [0.4, 0.5) is 0 Å². The van der Waals surface area contributed by atoms with Crippen molar-refractivity contribution in [3.8, 4) is 5.75 Å². The fourth-order valence-corrected chi connectivity index (χ4v) is 4.31. The summed E-state index contributed by atoms with van der Waals surface area (Å²) in [5.74, 6) is 0.658. The molecule has 0 radical (unpaired) electrons. The summed E-state index contributed by atoms with van der Waals surface area (Å²) in [4.78, 5) is 27.6. The number of fused-ring (bicyclic) bond motifs is 1. The Balaban J connectivity index is 1.37. The van der Waals surface area contributed by atoms with Gasteiger partial charge in [0.1, 0.15) is 5.75 Å². The van der Waals surface area contributed by atoms with Crippen LogP contribution in [-0.4, -0.2) is 36.9 Å². The Labute approximate surface area is 183 Å². The minimum atomic E-state index is -0.181. The summed E-state index contributed by atoms with van der Waals surface area (Å²) in [5.41, 5.74) is 1.98. The monoisotopic (exact) mass is 416 g/mol. The predicted molar refractivity (Wildman–Crippen MR) is 122 cm³/mol. The number of methoxy groups -OCH3 is 1. The molecule has 0 spiro atoms. The second-order valence-electron chi connectivity index (χ2n) is 8.02. The molecule has 1 saturated heterocycles. The van der Waals surface area contributed by atoms with E-state index in [0.29, 0.717) is 26.1 Å². The molecule has 0 aromatic heterocycles. The van der Waals surface area contributed by atoms with Crippen LogP contribution in [-0.2, 0) is 22.6 Å². The maximum absolute atomic E-state index is 13.0. The zero-order chi connectivity index (χ0) is 21.6. The van der Waals surface area contributed by atoms with Gasteiger partial charge >= 0.3 is 0 Å². The number of hydrogen-bond acceptors (Lipinski definition) is 3. The van der Waals surface area contributed by atoms with Gasteiger partial charge in [-0.2, -0.15) is 0 Å². The number of benzene rings is 3. The van der Waals surface area contributed by atoms with Gasteiger partial charge in [0.15, 0.2) is 0 Å². The number of nitrogens with zero attached hydrogens (tertiary/aromatic N) is 1. The van der Waals surface area contributed by atoms with E-state index in [-0.39, 0.29) is 17.7 Å². The van der Waals surface area contributed by atoms with Crippen molar-refractivity contribution in [3.05, 3.63) is 77.9 Å². The summed E-state index contributed by atoms with van der Waals surface area (Å²) in [5, 5.41) is 5.27. The van der Waals surface area contributed by atoms with Crippen molar-refractivity contribution in [2.24, 2.45) is 5.92 Å². The lowest BCUT2D eigenvalue weighted by atomic mass is 9.95. The van der Waals surface area contributed by atoms with Gasteiger partial charge in [0.2, 0.25) is 11.8 Å². The quantitative estimate of drug-likeness (QED) is 0.662. The van der Waals surface area contributed by atoms with E-state index in [1.807, 2.05) is 53.4 Å². The highest BCUT2D eigenvalue weighted by Crippen LogP contribution is 2.22. The fourth-order valence-electron chi connectivity index (χ4n) is 4.31. The number of carbonyl (C=O) groups is 2. The Morgan fingerprint density at radius 3 is 2.61 bits per heavy atom. The van der Waals surface area contributed by atoms with E-state index < -0.39 is 0 Å². The summed E-state index contributed by atoms with van der Waals surface area (Å²) < 4.78 is 5.35. The van der Waals surface area contributed by atoms with Gasteiger partial charge < -0.3 is 15.0 Å². The van der Waals surface area contributed by atoms with Gasteiger partial charge in [-0.05, 0) is 35.2 Å². The van der Waals surface area contributed by atoms with Crippen LogP contribution >= 0.6 is 0 Å². The number of carbonyl (C=O) groups excluding carboxylic acids is 2. The van der Waals surface area contributed by atoms with Crippen LogP contribution in [0, 0.1) is 5.92 Å². The highest BCUT2D eigenvalue weighted by atomic mass is 16.5. The third kappa shape index (κ3) is 4.88. The van der Waals surface area contributed by atoms with Crippen molar-refractivity contribution < 1.29 is 14.3 Å². The van der Waals surface area contributed by atoms with Crippen LogP contribution in [0.3, 0.4) is 0 Å². The number of nitrogens with one attached hydrogen (secondary N) is 1. The summed E-state index contributed by atoms with van der Waals surface area (Å²) in [6, 6.07) is 21.9. The molecular weight excluding hydrogens is 388 g/mol. The van der Waals surface area contributed by atoms with Gasteiger partial charge in [0.05, 0.1) is 19.4 Å². The topological polar surface area (TPSA) is 58.6 Å². The first-order valence-corrected chi connectivity index (χ1v) is 10.8. The zero-order valence-corrected chi connectivity index (χ0v) is 17.8. The molecule has 0 aliphatic carbocycles. The lowest BCUT2D eigenvalue weighted by Gasteiger charge is -2.32. The van der Waals surface area contributed by atoms with Crippen LogP contribution in [0.2, 0.25) is 0 Å². The molecule has 1 atom stereocenters. The molecule has 1 fully saturated rings. The highest BCUT2D eigenvalue weighted by Gasteiger charge is 2.28. The van der Waals surface area contributed by atoms with Gasteiger partial charge in [-0.1, -0.05) is 60.7 Å². The first kappa shape index (κ1) is 20.9. The predicted octanol–water partition coefficient (Wildman–Crippen LogP) is 3.95. The Morgan fingerprint density at radius 1 is 1.00 bits per heavy atom. The van der Waals surface area contributed by atoms with Crippen LogP contribution in [0.5, 0.6) is 5.75 Å². The SMILES string of the molecule is COc1ccccc1CNC(=O)C1CCCN(C(=O)Cc2cccc3ccccc23)C1. The number of likely N-dealkylation sites (tertiary alicyclic amines) is 1. The molecule has 5 heteroatoms. The maximum Gasteiger partial charge on any atom is 0.227 e. The van der Waals surface area contributed by atoms with Crippen molar-refractivity contribution in [2.75, 3.05) is 20.2 Å². The molecule has 5 nitrogen and oxygen atoms in total. The molecule has 1 aliphatic rings. The summed E-state index contributed by atoms with van der Waals surface area (Å²) in [6.45, 7) is 1.60. The molecule has 160 valence electrons. The van der Waals surface area contributed by atoms with Gasteiger partial charge in [0, 0.05) is 25.2 Å². The Kier molecular flexibility index (Phi) is 6.51. The van der Waals surface area contributed by atoms with Gasteiger partial charge in [-0.15, -0.1) is 0 Å². The van der Waals surface area contributed by atoms with Gasteiger partial charge in [-0.3, -0.25) is 9.59 Å². The van der Waals surface area contributed by atoms with Crippen LogP contribution in [0.15, 0.2) is 66.7 Å². The minimum Gasteiger partial charge on any atom is -0.496 e. The normalized spacial score (nSPS) is 16.2. The van der Waals surface area contributed by atoms with Crippen molar-refractivity contribution in [3.63, 3.8) is 0 Å². The maximum atomic E-state index is 13.0. The molecule has 3 aromatic carbocycles. The third-order valence-electron chi connectivity index (χ3n) is 6.01. The largest absolute Gasteiger partial charge is 0.496 e. The van der Waals surface area contributed by atoms with E-state index in [0.717, 1.165) is 40.5 Å². The molecule has 1 heterocycles. The molecule has 0 bridgehead atoms. The zero-order valence-electron chi connectivity index (χ0n) is 17.8. The van der Waals surface area contributed by atoms with E-state index in [9.17, 15) is 9.59 Å². The van der Waals surface area contributed by atoms with Crippen molar-refractivity contribution in [1.82, 2.24) is 10.2 Å². The summed E-state index contributed by atoms with van der Waals surface area (Å²) >= 11 is 0. The average Bonchev–Trinajstić information content (AvgIpc) is 2.83. The standard InChI is InChI=1S/C26H28N2O3/c1-31-24-14-5-3-9-21(24)17-27-26(30)22-12-7-15-28(18-22)25(29)16-20-11-6-10-19-8-2-4-13-23(19)20/h2-6,8-11,13-14,22H,7,12,15-18H2,1H3,(H,27,30). The number of piperidine rings is 1. The molecule has 31 heavy (non-hydrogen) atoms. The van der Waals surface area contributed by atoms with E-state index in [4.69, 9.17) is 4.74 Å². The molecule has 1 N–H and O–H groups in total. The first-order chi connectivity index (χ1) is 15.2. The first-order valence-electron chi connectivity index (χ1n) is 10.8. The lowest BCUT2D eigenvalue weighted by molar-refractivity contribution is -0.135. The second kappa shape index (κ2) is 9.65. The average molecular weight is 417 g/mol. The van der Waals surface area contributed by atoms with Crippen LogP contribution in [0.25, 0.3) is 10.8 Å². The lowest BCUT2D eigenvalue weighted by Crippen LogP contribution is -2.45. The number of ether oxygens (including phenoxy) is 1. The highest BCUT2D eigenvalue weighted by molar-refractivity contribution is 5.90. The molecule has 1 aliphatic heterocycles. The summed E-state index contributed by atoms with van der Waals surface area (Å²) in [6.07, 6.45) is 2.00. The van der Waals surface area contributed by atoms with E-state index in [1.165, 1.54) is 0 Å². The number of para-hydroxylation sites is 1. The van der Waals surface area contributed by atoms with Gasteiger partial charge in [-0.25, -0.2) is 0 Å². The Bertz CT molecular complexity index is 1070. The summed E-state index contributed by atoms with van der Waals surface area (Å²) in [7, 11) is 1.63. The van der Waals surface area contributed by atoms with Crippen LogP contribution in [0.1, 0.15) is 24.0 Å². The molecule has 2 amide bonds. The van der Waals surface area contributed by atoms with Gasteiger partial charge in [0.25, 0.3) is 0 Å². The van der Waals surface area contributed by atoms with Crippen molar-refractivity contribution in [2.45, 2.75) is 25.8 Å². The molecular formula is C26H28N2O3. The number of rotatable bonds is 6. The number of hydrogen-bond donors (Lipinski definition) is 1. The van der Waals surface area contributed by atoms with E-state index in [2.05, 4.69) is 23.5 Å². The van der Waals surface area contributed by atoms with Crippen molar-refractivity contribution in [1.29, 1.82) is 0 Å². The second-order valence-corrected chi connectivity index (χ2v) is 8.02. The van der Waals surface area contributed by atoms with Crippen LogP contribution < -0.4 is 10.1 Å². The molecule has 0 saturated carbocycles. The Hall–Kier alpha value is -3.34. The molecule has 4 rings (SSSR count). The molecule has 3 aromatic rings. The van der Waals surface area contributed by atoms with E-state index >= 15 is 0 Å². The third-order valence-corrected chi connectivity index (χ3v) is 6.01. The van der Waals surface area contributed by atoms with Crippen molar-refractivity contribution >= 4 is 22.6 Å². The minimum absolute atomic E-state index is 0.00596. The number of amides is 2.